The second kappa shape index (κ2) is 5.81. The molecule has 4 nitrogen and oxygen atoms in total. The number of amides is 1. The normalized spacial score (nSPS) is 11.3. The second-order valence-electron chi connectivity index (χ2n) is 5.18. The van der Waals surface area contributed by atoms with Gasteiger partial charge in [-0.2, -0.15) is 0 Å². The van der Waals surface area contributed by atoms with Crippen molar-refractivity contribution < 1.29 is 13.9 Å². The highest BCUT2D eigenvalue weighted by atomic mass is 32.1. The van der Waals surface area contributed by atoms with Crippen LogP contribution in [0.4, 0.5) is 9.52 Å². The lowest BCUT2D eigenvalue weighted by Gasteiger charge is -2.24. The maximum absolute atomic E-state index is 12.9. The molecule has 21 heavy (non-hydrogen) atoms. The van der Waals surface area contributed by atoms with Gasteiger partial charge in [0, 0.05) is 4.88 Å². The van der Waals surface area contributed by atoms with Crippen LogP contribution in [0.5, 0.6) is 5.75 Å². The molecule has 0 saturated carbocycles. The van der Waals surface area contributed by atoms with E-state index in [2.05, 4.69) is 10.3 Å². The molecular formula is C15H17FN2O2S. The SMILES string of the molecule is Cc1nc(NC(=O)C(C)(C)Oc2ccc(F)cc2)sc1C. The Labute approximate surface area is 127 Å². The van der Waals surface area contributed by atoms with Gasteiger partial charge in [0.25, 0.3) is 5.91 Å². The third kappa shape index (κ3) is 3.78. The molecule has 0 atom stereocenters. The van der Waals surface area contributed by atoms with E-state index < -0.39 is 5.60 Å². The molecule has 1 amide bonds. The highest BCUT2D eigenvalue weighted by Gasteiger charge is 2.30. The number of nitrogens with zero attached hydrogens (tertiary/aromatic N) is 1. The van der Waals surface area contributed by atoms with E-state index in [0.29, 0.717) is 10.9 Å². The number of nitrogens with one attached hydrogen (secondary N) is 1. The number of rotatable bonds is 4. The van der Waals surface area contributed by atoms with E-state index in [1.54, 1.807) is 13.8 Å². The van der Waals surface area contributed by atoms with E-state index in [0.717, 1.165) is 10.6 Å². The molecule has 0 saturated heterocycles. The van der Waals surface area contributed by atoms with Crippen LogP contribution in [0.3, 0.4) is 0 Å². The fourth-order valence-corrected chi connectivity index (χ4v) is 2.43. The Morgan fingerprint density at radius 3 is 2.43 bits per heavy atom. The molecule has 2 rings (SSSR count). The topological polar surface area (TPSA) is 51.2 Å². The summed E-state index contributed by atoms with van der Waals surface area (Å²) in [5.74, 6) is -0.220. The summed E-state index contributed by atoms with van der Waals surface area (Å²) >= 11 is 1.42. The van der Waals surface area contributed by atoms with Crippen molar-refractivity contribution in [3.63, 3.8) is 0 Å². The lowest BCUT2D eigenvalue weighted by molar-refractivity contribution is -0.128. The van der Waals surface area contributed by atoms with E-state index in [1.807, 2.05) is 13.8 Å². The Hall–Kier alpha value is -1.95. The molecule has 112 valence electrons. The number of aryl methyl sites for hydroxylation is 2. The third-order valence-corrected chi connectivity index (χ3v) is 3.97. The van der Waals surface area contributed by atoms with Crippen molar-refractivity contribution in [2.75, 3.05) is 5.32 Å². The number of hydrogen-bond donors (Lipinski definition) is 1. The smallest absolute Gasteiger partial charge is 0.269 e. The number of carbonyl (C=O) groups is 1. The van der Waals surface area contributed by atoms with Gasteiger partial charge in [0.2, 0.25) is 0 Å². The molecular weight excluding hydrogens is 291 g/mol. The molecule has 0 aliphatic heterocycles. The Morgan fingerprint density at radius 2 is 1.90 bits per heavy atom. The zero-order chi connectivity index (χ0) is 15.6. The van der Waals surface area contributed by atoms with Gasteiger partial charge in [0.1, 0.15) is 11.6 Å². The molecule has 0 bridgehead atoms. The molecule has 1 N–H and O–H groups in total. The molecule has 0 aliphatic carbocycles. The number of carbonyl (C=O) groups excluding carboxylic acids is 1. The van der Waals surface area contributed by atoms with Crippen molar-refractivity contribution in [3.05, 3.63) is 40.7 Å². The molecule has 0 unspecified atom stereocenters. The average Bonchev–Trinajstić information content (AvgIpc) is 2.71. The number of benzene rings is 1. The largest absolute Gasteiger partial charge is 0.478 e. The van der Waals surface area contributed by atoms with Crippen molar-refractivity contribution in [1.82, 2.24) is 4.98 Å². The maximum Gasteiger partial charge on any atom is 0.269 e. The number of anilines is 1. The summed E-state index contributed by atoms with van der Waals surface area (Å²) in [6, 6.07) is 5.55. The van der Waals surface area contributed by atoms with E-state index in [4.69, 9.17) is 4.74 Å². The Bertz CT molecular complexity index is 631. The summed E-state index contributed by atoms with van der Waals surface area (Å²) in [7, 11) is 0. The van der Waals surface area contributed by atoms with Gasteiger partial charge in [-0.1, -0.05) is 0 Å². The van der Waals surface area contributed by atoms with Gasteiger partial charge >= 0.3 is 0 Å². The van der Waals surface area contributed by atoms with Gasteiger partial charge in [0.05, 0.1) is 5.69 Å². The van der Waals surface area contributed by atoms with Gasteiger partial charge in [-0.25, -0.2) is 9.37 Å². The van der Waals surface area contributed by atoms with Crippen LogP contribution in [-0.4, -0.2) is 16.5 Å². The Kier molecular flexibility index (Phi) is 4.27. The molecule has 0 fully saturated rings. The average molecular weight is 308 g/mol. The summed E-state index contributed by atoms with van der Waals surface area (Å²) in [6.45, 7) is 7.14. The van der Waals surface area contributed by atoms with Crippen LogP contribution in [0.1, 0.15) is 24.4 Å². The number of hydrogen-bond acceptors (Lipinski definition) is 4. The van der Waals surface area contributed by atoms with Crippen LogP contribution in [0, 0.1) is 19.7 Å². The second-order valence-corrected chi connectivity index (χ2v) is 6.38. The van der Waals surface area contributed by atoms with Crippen LogP contribution in [-0.2, 0) is 4.79 Å². The van der Waals surface area contributed by atoms with Crippen molar-refractivity contribution in [2.45, 2.75) is 33.3 Å². The minimum Gasteiger partial charge on any atom is -0.478 e. The van der Waals surface area contributed by atoms with E-state index in [1.165, 1.54) is 35.6 Å². The number of aromatic nitrogens is 1. The maximum atomic E-state index is 12.9. The van der Waals surface area contributed by atoms with Crippen LogP contribution in [0.2, 0.25) is 0 Å². The molecule has 1 aromatic heterocycles. The molecule has 0 aliphatic rings. The van der Waals surface area contributed by atoms with Crippen molar-refractivity contribution in [3.8, 4) is 5.75 Å². The number of thiazole rings is 1. The highest BCUT2D eigenvalue weighted by molar-refractivity contribution is 7.15. The summed E-state index contributed by atoms with van der Waals surface area (Å²) in [4.78, 5) is 17.6. The van der Waals surface area contributed by atoms with Crippen LogP contribution in [0.25, 0.3) is 0 Å². The number of halogens is 1. The minimum atomic E-state index is -1.09. The zero-order valence-electron chi connectivity index (χ0n) is 12.4. The molecule has 6 heteroatoms. The monoisotopic (exact) mass is 308 g/mol. The Morgan fingerprint density at radius 1 is 1.29 bits per heavy atom. The zero-order valence-corrected chi connectivity index (χ0v) is 13.2. The predicted molar refractivity (Wildman–Crippen MR) is 81.3 cm³/mol. The van der Waals surface area contributed by atoms with Crippen molar-refractivity contribution in [1.29, 1.82) is 0 Å². The number of ether oxygens (including phenoxy) is 1. The molecule has 0 spiro atoms. The molecule has 1 aromatic carbocycles. The van der Waals surface area contributed by atoms with Gasteiger partial charge in [-0.05, 0) is 52.0 Å². The Balaban J connectivity index is 2.07. The van der Waals surface area contributed by atoms with Crippen molar-refractivity contribution >= 4 is 22.4 Å². The van der Waals surface area contributed by atoms with Gasteiger partial charge in [-0.15, -0.1) is 11.3 Å². The van der Waals surface area contributed by atoms with Gasteiger partial charge in [-0.3, -0.25) is 10.1 Å². The first kappa shape index (κ1) is 15.4. The first-order valence-electron chi connectivity index (χ1n) is 6.48. The molecule has 1 heterocycles. The summed E-state index contributed by atoms with van der Waals surface area (Å²) in [5.41, 5.74) is -0.196. The van der Waals surface area contributed by atoms with Crippen LogP contribution in [0.15, 0.2) is 24.3 Å². The van der Waals surface area contributed by atoms with Crippen LogP contribution < -0.4 is 10.1 Å². The minimum absolute atomic E-state index is 0.305. The van der Waals surface area contributed by atoms with Crippen LogP contribution >= 0.6 is 11.3 Å². The van der Waals surface area contributed by atoms with E-state index in [9.17, 15) is 9.18 Å². The fourth-order valence-electron chi connectivity index (χ4n) is 1.62. The fraction of sp³-hybridized carbons (Fsp3) is 0.333. The molecule has 0 radical (unpaired) electrons. The summed E-state index contributed by atoms with van der Waals surface area (Å²) < 4.78 is 18.5. The van der Waals surface area contributed by atoms with E-state index >= 15 is 0 Å². The summed E-state index contributed by atoms with van der Waals surface area (Å²) in [5, 5.41) is 3.29. The summed E-state index contributed by atoms with van der Waals surface area (Å²) in [6.07, 6.45) is 0. The quantitative estimate of drug-likeness (QED) is 0.937. The first-order chi connectivity index (χ1) is 9.78. The molecule has 2 aromatic rings. The van der Waals surface area contributed by atoms with E-state index in [-0.39, 0.29) is 11.7 Å². The third-order valence-electron chi connectivity index (χ3n) is 2.98. The van der Waals surface area contributed by atoms with Crippen molar-refractivity contribution in [2.24, 2.45) is 0 Å². The first-order valence-corrected chi connectivity index (χ1v) is 7.29. The lowest BCUT2D eigenvalue weighted by Crippen LogP contribution is -2.42. The van der Waals surface area contributed by atoms with Gasteiger partial charge in [0.15, 0.2) is 10.7 Å². The highest BCUT2D eigenvalue weighted by Crippen LogP contribution is 2.24. The standard InChI is InChI=1S/C15H17FN2O2S/c1-9-10(2)21-14(17-9)18-13(19)15(3,4)20-12-7-5-11(16)6-8-12/h5-8H,1-4H3,(H,17,18,19). The lowest BCUT2D eigenvalue weighted by atomic mass is 10.1. The predicted octanol–water partition coefficient (Wildman–Crippen LogP) is 3.70. The van der Waals surface area contributed by atoms with Gasteiger partial charge < -0.3 is 4.74 Å².